The molecule has 0 aliphatic rings. The van der Waals surface area contributed by atoms with Crippen molar-refractivity contribution in [2.24, 2.45) is 5.73 Å². The fourth-order valence-electron chi connectivity index (χ4n) is 2.04. The van der Waals surface area contributed by atoms with E-state index in [9.17, 15) is 9.59 Å². The number of carbonyl (C=O) groups is 2. The third-order valence-corrected chi connectivity index (χ3v) is 3.26. The summed E-state index contributed by atoms with van der Waals surface area (Å²) < 4.78 is 0. The van der Waals surface area contributed by atoms with Crippen molar-refractivity contribution in [1.29, 1.82) is 0 Å². The van der Waals surface area contributed by atoms with Gasteiger partial charge in [-0.1, -0.05) is 30.3 Å². The first-order valence-corrected chi connectivity index (χ1v) is 6.48. The lowest BCUT2D eigenvalue weighted by Gasteiger charge is -2.21. The summed E-state index contributed by atoms with van der Waals surface area (Å²) in [6.07, 6.45) is 0. The van der Waals surface area contributed by atoms with Crippen molar-refractivity contribution in [3.63, 3.8) is 0 Å². The van der Waals surface area contributed by atoms with Gasteiger partial charge in [0.2, 0.25) is 0 Å². The van der Waals surface area contributed by atoms with Gasteiger partial charge < -0.3 is 10.8 Å². The molecule has 1 unspecified atom stereocenters. The van der Waals surface area contributed by atoms with Gasteiger partial charge in [-0.15, -0.1) is 0 Å². The monoisotopic (exact) mass is 284 g/mol. The molecule has 2 aromatic rings. The van der Waals surface area contributed by atoms with Gasteiger partial charge in [0, 0.05) is 0 Å². The predicted molar refractivity (Wildman–Crippen MR) is 80.7 cm³/mol. The molecular weight excluding hydrogens is 268 g/mol. The third kappa shape index (κ3) is 3.20. The Hall–Kier alpha value is -2.82. The Kier molecular flexibility index (Phi) is 4.23. The quantitative estimate of drug-likeness (QED) is 0.904. The van der Waals surface area contributed by atoms with E-state index < -0.39 is 17.9 Å². The average Bonchev–Trinajstić information content (AvgIpc) is 2.48. The van der Waals surface area contributed by atoms with Crippen LogP contribution in [0.5, 0.6) is 0 Å². The van der Waals surface area contributed by atoms with Crippen LogP contribution in [-0.4, -0.2) is 17.1 Å². The lowest BCUT2D eigenvalue weighted by atomic mass is 10.0. The molecule has 0 fully saturated rings. The molecule has 2 aromatic carbocycles. The summed E-state index contributed by atoms with van der Waals surface area (Å²) in [6.45, 7) is 1.61. The van der Waals surface area contributed by atoms with Crippen LogP contribution in [0.3, 0.4) is 0 Å². The normalized spacial score (nSPS) is 11.7. The Morgan fingerprint density at radius 2 is 1.52 bits per heavy atom. The maximum Gasteiger partial charge on any atom is 0.323 e. The van der Waals surface area contributed by atoms with Crippen molar-refractivity contribution >= 4 is 23.4 Å². The van der Waals surface area contributed by atoms with Crippen LogP contribution in [0.2, 0.25) is 0 Å². The lowest BCUT2D eigenvalue weighted by molar-refractivity contribution is -0.138. The summed E-state index contributed by atoms with van der Waals surface area (Å²) in [5.74, 6) is -1.49. The molecule has 0 aliphatic heterocycles. The lowest BCUT2D eigenvalue weighted by Crippen LogP contribution is -2.31. The van der Waals surface area contributed by atoms with E-state index in [0.717, 1.165) is 0 Å². The molecule has 3 N–H and O–H groups in total. The molecule has 108 valence electrons. The molecule has 0 saturated carbocycles. The molecule has 5 heteroatoms. The van der Waals surface area contributed by atoms with E-state index in [4.69, 9.17) is 10.8 Å². The molecule has 0 spiro atoms. The molecular formula is C16H16N2O3. The highest BCUT2D eigenvalue weighted by atomic mass is 16.4. The van der Waals surface area contributed by atoms with E-state index in [1.54, 1.807) is 43.3 Å². The SMILES string of the molecule is CC(C(=O)O)c1ccc(N(C(N)=O)c2ccccc2)cc1. The zero-order valence-electron chi connectivity index (χ0n) is 11.6. The predicted octanol–water partition coefficient (Wildman–Crippen LogP) is 3.09. The van der Waals surface area contributed by atoms with E-state index in [0.29, 0.717) is 16.9 Å². The number of hydrogen-bond acceptors (Lipinski definition) is 2. The molecule has 2 rings (SSSR count). The van der Waals surface area contributed by atoms with E-state index >= 15 is 0 Å². The largest absolute Gasteiger partial charge is 0.481 e. The minimum Gasteiger partial charge on any atom is -0.481 e. The maximum atomic E-state index is 11.7. The minimum absolute atomic E-state index is 0.593. The highest BCUT2D eigenvalue weighted by Gasteiger charge is 2.17. The molecule has 2 amide bonds. The van der Waals surface area contributed by atoms with Gasteiger partial charge in [-0.25, -0.2) is 4.79 Å². The number of carboxylic acid groups (broad SMARTS) is 1. The number of carbonyl (C=O) groups excluding carboxylic acids is 1. The first-order valence-electron chi connectivity index (χ1n) is 6.48. The van der Waals surface area contributed by atoms with Crippen LogP contribution in [0.15, 0.2) is 54.6 Å². The van der Waals surface area contributed by atoms with Crippen molar-refractivity contribution in [2.45, 2.75) is 12.8 Å². The number of hydrogen-bond donors (Lipinski definition) is 2. The Morgan fingerprint density at radius 1 is 1.00 bits per heavy atom. The highest BCUT2D eigenvalue weighted by Crippen LogP contribution is 2.26. The van der Waals surface area contributed by atoms with Crippen molar-refractivity contribution in [2.75, 3.05) is 4.90 Å². The van der Waals surface area contributed by atoms with Crippen LogP contribution in [0.1, 0.15) is 18.4 Å². The molecule has 0 saturated heterocycles. The second-order valence-corrected chi connectivity index (χ2v) is 4.66. The Balaban J connectivity index is 2.35. The number of para-hydroxylation sites is 1. The zero-order chi connectivity index (χ0) is 15.4. The smallest absolute Gasteiger partial charge is 0.323 e. The number of carboxylic acids is 1. The number of urea groups is 1. The minimum atomic E-state index is -0.891. The molecule has 0 bridgehead atoms. The number of aliphatic carboxylic acids is 1. The molecule has 5 nitrogen and oxygen atoms in total. The molecule has 21 heavy (non-hydrogen) atoms. The summed E-state index contributed by atoms with van der Waals surface area (Å²) in [6, 6.07) is 15.2. The van der Waals surface area contributed by atoms with Crippen LogP contribution in [0, 0.1) is 0 Å². The summed E-state index contributed by atoms with van der Waals surface area (Å²) in [4.78, 5) is 24.0. The number of primary amides is 1. The first kappa shape index (κ1) is 14.6. The summed E-state index contributed by atoms with van der Waals surface area (Å²) in [7, 11) is 0. The highest BCUT2D eigenvalue weighted by molar-refractivity contribution is 5.98. The molecule has 0 heterocycles. The first-order chi connectivity index (χ1) is 10.0. The van der Waals surface area contributed by atoms with Gasteiger partial charge in [-0.05, 0) is 36.8 Å². The average molecular weight is 284 g/mol. The maximum absolute atomic E-state index is 11.7. The van der Waals surface area contributed by atoms with Gasteiger partial charge >= 0.3 is 12.0 Å². The van der Waals surface area contributed by atoms with Crippen LogP contribution in [0.4, 0.5) is 16.2 Å². The summed E-state index contributed by atoms with van der Waals surface area (Å²) in [5.41, 5.74) is 7.36. The number of benzene rings is 2. The number of amides is 2. The van der Waals surface area contributed by atoms with E-state index in [2.05, 4.69) is 0 Å². The number of nitrogens with two attached hydrogens (primary N) is 1. The summed E-state index contributed by atoms with van der Waals surface area (Å²) in [5, 5.41) is 9.00. The van der Waals surface area contributed by atoms with Gasteiger partial charge in [-0.2, -0.15) is 0 Å². The van der Waals surface area contributed by atoms with E-state index in [1.165, 1.54) is 4.90 Å². The van der Waals surface area contributed by atoms with Gasteiger partial charge in [0.15, 0.2) is 0 Å². The molecule has 0 radical (unpaired) electrons. The van der Waals surface area contributed by atoms with Crippen molar-refractivity contribution in [3.8, 4) is 0 Å². The number of nitrogens with zero attached hydrogens (tertiary/aromatic N) is 1. The van der Waals surface area contributed by atoms with E-state index in [1.807, 2.05) is 18.2 Å². The standard InChI is InChI=1S/C16H16N2O3/c1-11(15(19)20)12-7-9-14(10-8-12)18(16(17)21)13-5-3-2-4-6-13/h2-11H,1H3,(H2,17,21)(H,19,20). The Labute approximate surface area is 122 Å². The zero-order valence-corrected chi connectivity index (χ0v) is 11.6. The van der Waals surface area contributed by atoms with Gasteiger partial charge in [-0.3, -0.25) is 9.69 Å². The number of anilines is 2. The van der Waals surface area contributed by atoms with Gasteiger partial charge in [0.1, 0.15) is 0 Å². The van der Waals surface area contributed by atoms with Crippen molar-refractivity contribution in [1.82, 2.24) is 0 Å². The molecule has 0 aliphatic carbocycles. The second-order valence-electron chi connectivity index (χ2n) is 4.66. The summed E-state index contributed by atoms with van der Waals surface area (Å²) >= 11 is 0. The second kappa shape index (κ2) is 6.09. The van der Waals surface area contributed by atoms with Crippen LogP contribution >= 0.6 is 0 Å². The van der Waals surface area contributed by atoms with Crippen LogP contribution in [-0.2, 0) is 4.79 Å². The topological polar surface area (TPSA) is 83.6 Å². The Morgan fingerprint density at radius 3 is 2.00 bits per heavy atom. The Bertz CT molecular complexity index is 638. The molecule has 0 aromatic heterocycles. The molecule has 1 atom stereocenters. The van der Waals surface area contributed by atoms with Crippen molar-refractivity contribution < 1.29 is 14.7 Å². The van der Waals surface area contributed by atoms with Gasteiger partial charge in [0.25, 0.3) is 0 Å². The van der Waals surface area contributed by atoms with E-state index in [-0.39, 0.29) is 0 Å². The fourth-order valence-corrected chi connectivity index (χ4v) is 2.04. The van der Waals surface area contributed by atoms with Gasteiger partial charge in [0.05, 0.1) is 17.3 Å². The fraction of sp³-hybridized carbons (Fsp3) is 0.125. The van der Waals surface area contributed by atoms with Crippen molar-refractivity contribution in [3.05, 3.63) is 60.2 Å². The number of rotatable bonds is 4. The van der Waals surface area contributed by atoms with Crippen LogP contribution in [0.25, 0.3) is 0 Å². The third-order valence-electron chi connectivity index (χ3n) is 3.26. The van der Waals surface area contributed by atoms with Crippen LogP contribution < -0.4 is 10.6 Å².